The Kier molecular flexibility index (Phi) is 8.42. The largest absolute Gasteiger partial charge is 0.361 e. The van der Waals surface area contributed by atoms with Crippen molar-refractivity contribution >= 4 is 5.96 Å². The molecule has 148 valence electrons. The minimum absolute atomic E-state index is 0.298. The molecule has 26 heavy (non-hydrogen) atoms. The Balaban J connectivity index is 1.75. The molecule has 1 atom stereocenters. The Labute approximate surface area is 158 Å². The Morgan fingerprint density at radius 2 is 2.04 bits per heavy atom. The summed E-state index contributed by atoms with van der Waals surface area (Å²) in [7, 11) is 0. The maximum absolute atomic E-state index is 5.28. The fourth-order valence-electron chi connectivity index (χ4n) is 3.65. The second-order valence-corrected chi connectivity index (χ2v) is 7.66. The molecule has 1 aromatic rings. The van der Waals surface area contributed by atoms with Crippen LogP contribution in [0.15, 0.2) is 9.52 Å². The van der Waals surface area contributed by atoms with Crippen LogP contribution in [0, 0.1) is 19.8 Å². The minimum atomic E-state index is 0.298. The van der Waals surface area contributed by atoms with Crippen molar-refractivity contribution in [3.05, 3.63) is 17.0 Å². The Morgan fingerprint density at radius 3 is 2.65 bits per heavy atom. The van der Waals surface area contributed by atoms with Crippen LogP contribution in [0.1, 0.15) is 63.0 Å². The van der Waals surface area contributed by atoms with E-state index in [4.69, 9.17) is 9.52 Å². The number of likely N-dealkylation sites (tertiary alicyclic amines) is 1. The number of aliphatic imine (C=N–C) groups is 1. The summed E-state index contributed by atoms with van der Waals surface area (Å²) in [5.74, 6) is 3.00. The van der Waals surface area contributed by atoms with Gasteiger partial charge in [-0.05, 0) is 65.6 Å². The van der Waals surface area contributed by atoms with E-state index in [0.717, 1.165) is 49.4 Å². The fourth-order valence-corrected chi connectivity index (χ4v) is 3.65. The van der Waals surface area contributed by atoms with E-state index in [9.17, 15) is 0 Å². The molecule has 0 saturated carbocycles. The van der Waals surface area contributed by atoms with Crippen LogP contribution in [0.5, 0.6) is 0 Å². The van der Waals surface area contributed by atoms with E-state index in [2.05, 4.69) is 41.5 Å². The smallest absolute Gasteiger partial charge is 0.191 e. The van der Waals surface area contributed by atoms with Crippen LogP contribution in [0.2, 0.25) is 0 Å². The molecule has 2 heterocycles. The zero-order valence-electron chi connectivity index (χ0n) is 17.3. The second-order valence-electron chi connectivity index (χ2n) is 7.66. The summed E-state index contributed by atoms with van der Waals surface area (Å²) in [4.78, 5) is 7.35. The van der Waals surface area contributed by atoms with Crippen LogP contribution >= 0.6 is 0 Å². The minimum Gasteiger partial charge on any atom is -0.361 e. The molecule has 0 amide bonds. The van der Waals surface area contributed by atoms with E-state index >= 15 is 0 Å². The standard InChI is InChI=1S/C20H37N5O/c1-6-21-20(22-10-7-11-25-12-8-15(2)9-13-25)23-14-16(3)19-17(4)24-26-18(19)5/h15-16H,6-14H2,1-5H3,(H2,21,22,23). The van der Waals surface area contributed by atoms with E-state index in [0.29, 0.717) is 5.92 Å². The van der Waals surface area contributed by atoms with Crippen molar-refractivity contribution in [3.8, 4) is 0 Å². The van der Waals surface area contributed by atoms with Crippen LogP contribution in [0.3, 0.4) is 0 Å². The zero-order chi connectivity index (χ0) is 18.9. The van der Waals surface area contributed by atoms with Gasteiger partial charge in [0.15, 0.2) is 5.96 Å². The molecule has 0 aromatic carbocycles. The third-order valence-corrected chi connectivity index (χ3v) is 5.27. The van der Waals surface area contributed by atoms with Gasteiger partial charge in [0.1, 0.15) is 5.76 Å². The molecule has 0 radical (unpaired) electrons. The molecule has 1 aliphatic rings. The lowest BCUT2D eigenvalue weighted by Crippen LogP contribution is -2.40. The maximum atomic E-state index is 5.28. The van der Waals surface area contributed by atoms with E-state index in [1.165, 1.54) is 38.0 Å². The molecular weight excluding hydrogens is 326 g/mol. The van der Waals surface area contributed by atoms with Gasteiger partial charge < -0.3 is 20.1 Å². The maximum Gasteiger partial charge on any atom is 0.191 e. The summed E-state index contributed by atoms with van der Waals surface area (Å²) in [5.41, 5.74) is 2.16. The second kappa shape index (κ2) is 10.6. The molecule has 1 fully saturated rings. The molecule has 2 rings (SSSR count). The predicted octanol–water partition coefficient (Wildman–Crippen LogP) is 3.07. The van der Waals surface area contributed by atoms with Crippen molar-refractivity contribution in [3.63, 3.8) is 0 Å². The van der Waals surface area contributed by atoms with Crippen LogP contribution in [-0.2, 0) is 0 Å². The molecule has 1 saturated heterocycles. The van der Waals surface area contributed by atoms with E-state index in [-0.39, 0.29) is 0 Å². The van der Waals surface area contributed by atoms with Gasteiger partial charge in [0.2, 0.25) is 0 Å². The highest BCUT2D eigenvalue weighted by Crippen LogP contribution is 2.23. The lowest BCUT2D eigenvalue weighted by molar-refractivity contribution is 0.191. The number of hydrogen-bond donors (Lipinski definition) is 2. The summed E-state index contributed by atoms with van der Waals surface area (Å²) in [6.45, 7) is 16.8. The van der Waals surface area contributed by atoms with E-state index in [1.54, 1.807) is 0 Å². The van der Waals surface area contributed by atoms with Crippen LogP contribution < -0.4 is 10.6 Å². The first-order valence-electron chi connectivity index (χ1n) is 10.2. The van der Waals surface area contributed by atoms with Crippen molar-refractivity contribution in [2.24, 2.45) is 10.9 Å². The van der Waals surface area contributed by atoms with Gasteiger partial charge in [0.25, 0.3) is 0 Å². The molecule has 0 bridgehead atoms. The first kappa shape index (κ1) is 20.7. The first-order valence-corrected chi connectivity index (χ1v) is 10.2. The number of nitrogens with one attached hydrogen (secondary N) is 2. The van der Waals surface area contributed by atoms with Crippen LogP contribution in [-0.4, -0.2) is 55.3 Å². The topological polar surface area (TPSA) is 65.7 Å². The summed E-state index contributed by atoms with van der Waals surface area (Å²) in [6.07, 6.45) is 3.84. The molecule has 1 aliphatic heterocycles. The zero-order valence-corrected chi connectivity index (χ0v) is 17.3. The van der Waals surface area contributed by atoms with Gasteiger partial charge in [-0.1, -0.05) is 19.0 Å². The van der Waals surface area contributed by atoms with Crippen LogP contribution in [0.4, 0.5) is 0 Å². The number of aromatic nitrogens is 1. The van der Waals surface area contributed by atoms with Gasteiger partial charge in [-0.15, -0.1) is 0 Å². The molecule has 1 unspecified atom stereocenters. The Morgan fingerprint density at radius 1 is 1.31 bits per heavy atom. The third kappa shape index (κ3) is 6.31. The summed E-state index contributed by atoms with van der Waals surface area (Å²) in [6, 6.07) is 0. The average molecular weight is 364 g/mol. The van der Waals surface area contributed by atoms with Gasteiger partial charge in [0.05, 0.1) is 5.69 Å². The first-order chi connectivity index (χ1) is 12.5. The quantitative estimate of drug-likeness (QED) is 0.422. The summed E-state index contributed by atoms with van der Waals surface area (Å²) in [5, 5.41) is 10.9. The summed E-state index contributed by atoms with van der Waals surface area (Å²) >= 11 is 0. The Bertz CT molecular complexity index is 541. The van der Waals surface area contributed by atoms with E-state index < -0.39 is 0 Å². The Hall–Kier alpha value is -1.56. The predicted molar refractivity (Wildman–Crippen MR) is 108 cm³/mol. The van der Waals surface area contributed by atoms with Crippen molar-refractivity contribution in [1.82, 2.24) is 20.7 Å². The molecule has 6 nitrogen and oxygen atoms in total. The van der Waals surface area contributed by atoms with Crippen molar-refractivity contribution in [1.29, 1.82) is 0 Å². The van der Waals surface area contributed by atoms with Gasteiger partial charge in [-0.2, -0.15) is 0 Å². The van der Waals surface area contributed by atoms with Crippen molar-refractivity contribution in [2.45, 2.75) is 59.8 Å². The fraction of sp³-hybridized carbons (Fsp3) is 0.800. The number of rotatable bonds is 8. The lowest BCUT2D eigenvalue weighted by atomic mass is 9.99. The SMILES string of the molecule is CCNC(=NCC(C)c1c(C)noc1C)NCCCN1CCC(C)CC1. The molecule has 2 N–H and O–H groups in total. The molecule has 0 spiro atoms. The number of guanidine groups is 1. The van der Waals surface area contributed by atoms with Crippen molar-refractivity contribution in [2.75, 3.05) is 39.3 Å². The third-order valence-electron chi connectivity index (χ3n) is 5.27. The van der Waals surface area contributed by atoms with Crippen LogP contribution in [0.25, 0.3) is 0 Å². The number of nitrogens with zero attached hydrogens (tertiary/aromatic N) is 3. The molecule has 1 aromatic heterocycles. The van der Waals surface area contributed by atoms with Gasteiger partial charge in [-0.25, -0.2) is 0 Å². The highest BCUT2D eigenvalue weighted by Gasteiger charge is 2.17. The number of hydrogen-bond acceptors (Lipinski definition) is 4. The number of aryl methyl sites for hydroxylation is 2. The van der Waals surface area contributed by atoms with E-state index in [1.807, 2.05) is 13.8 Å². The van der Waals surface area contributed by atoms with Crippen molar-refractivity contribution < 1.29 is 4.52 Å². The molecule has 6 heteroatoms. The average Bonchev–Trinajstić information content (AvgIpc) is 2.96. The normalized spacial score (nSPS) is 18.1. The molecular formula is C20H37N5O. The van der Waals surface area contributed by atoms with Gasteiger partial charge >= 0.3 is 0 Å². The highest BCUT2D eigenvalue weighted by atomic mass is 16.5. The van der Waals surface area contributed by atoms with Gasteiger partial charge in [-0.3, -0.25) is 4.99 Å². The summed E-state index contributed by atoms with van der Waals surface area (Å²) < 4.78 is 5.28. The lowest BCUT2D eigenvalue weighted by Gasteiger charge is -2.30. The molecule has 0 aliphatic carbocycles. The highest BCUT2D eigenvalue weighted by molar-refractivity contribution is 5.79. The monoisotopic (exact) mass is 363 g/mol. The van der Waals surface area contributed by atoms with Gasteiger partial charge in [0, 0.05) is 31.1 Å². The number of piperidine rings is 1.